The maximum atomic E-state index is 12.5. The van der Waals surface area contributed by atoms with Crippen LogP contribution in [0, 0.1) is 5.92 Å². The predicted molar refractivity (Wildman–Crippen MR) is 101 cm³/mol. The summed E-state index contributed by atoms with van der Waals surface area (Å²) in [5.74, 6) is 0.589. The van der Waals surface area contributed by atoms with Gasteiger partial charge in [0, 0.05) is 29.4 Å². The fraction of sp³-hybridized carbons (Fsp3) is 0.316. The molecule has 0 saturated carbocycles. The number of piperidine rings is 1. The van der Waals surface area contributed by atoms with Crippen molar-refractivity contribution in [1.29, 1.82) is 0 Å². The zero-order valence-corrected chi connectivity index (χ0v) is 14.5. The summed E-state index contributed by atoms with van der Waals surface area (Å²) in [6.07, 6.45) is 2.32. The van der Waals surface area contributed by atoms with Gasteiger partial charge < -0.3 is 16.0 Å². The number of nitrogens with zero attached hydrogens (tertiary/aromatic N) is 1. The van der Waals surface area contributed by atoms with Gasteiger partial charge in [-0.05, 0) is 61.2 Å². The van der Waals surface area contributed by atoms with Crippen molar-refractivity contribution in [3.63, 3.8) is 0 Å². The lowest BCUT2D eigenvalue weighted by Gasteiger charge is -2.33. The predicted octanol–water partition coefficient (Wildman–Crippen LogP) is 4.41. The van der Waals surface area contributed by atoms with Crippen LogP contribution in [0.5, 0.6) is 0 Å². The molecule has 24 heavy (non-hydrogen) atoms. The molecule has 3 N–H and O–H groups in total. The minimum atomic E-state index is -0.163. The zero-order valence-electron chi connectivity index (χ0n) is 13.8. The molecule has 0 bridgehead atoms. The van der Waals surface area contributed by atoms with Crippen LogP contribution in [0.1, 0.15) is 30.1 Å². The number of amides is 1. The minimum Gasteiger partial charge on any atom is -0.399 e. The molecule has 1 amide bonds. The average molecular weight is 344 g/mol. The number of hydrogen-bond acceptors (Lipinski definition) is 3. The van der Waals surface area contributed by atoms with Crippen molar-refractivity contribution in [3.8, 4) is 0 Å². The third-order valence-electron chi connectivity index (χ3n) is 4.50. The number of carbonyl (C=O) groups excluding carboxylic acids is 1. The van der Waals surface area contributed by atoms with Gasteiger partial charge in [0.1, 0.15) is 0 Å². The monoisotopic (exact) mass is 343 g/mol. The number of anilines is 3. The van der Waals surface area contributed by atoms with Gasteiger partial charge in [-0.3, -0.25) is 4.79 Å². The Balaban J connectivity index is 1.82. The summed E-state index contributed by atoms with van der Waals surface area (Å²) in [6, 6.07) is 12.5. The first-order valence-electron chi connectivity index (χ1n) is 8.24. The van der Waals surface area contributed by atoms with Gasteiger partial charge in [0.25, 0.3) is 5.91 Å². The fourth-order valence-corrected chi connectivity index (χ4v) is 3.10. The molecule has 0 atom stereocenters. The largest absolute Gasteiger partial charge is 0.399 e. The number of benzene rings is 2. The summed E-state index contributed by atoms with van der Waals surface area (Å²) in [7, 11) is 0. The van der Waals surface area contributed by atoms with Crippen LogP contribution in [0.15, 0.2) is 42.5 Å². The highest BCUT2D eigenvalue weighted by molar-refractivity contribution is 6.30. The first-order chi connectivity index (χ1) is 11.5. The van der Waals surface area contributed by atoms with Crippen molar-refractivity contribution in [3.05, 3.63) is 53.1 Å². The van der Waals surface area contributed by atoms with Crippen molar-refractivity contribution >= 4 is 34.6 Å². The van der Waals surface area contributed by atoms with Crippen molar-refractivity contribution in [2.24, 2.45) is 5.92 Å². The van der Waals surface area contributed by atoms with Gasteiger partial charge >= 0.3 is 0 Å². The molecule has 1 heterocycles. The van der Waals surface area contributed by atoms with Gasteiger partial charge in [-0.2, -0.15) is 0 Å². The van der Waals surface area contributed by atoms with Crippen LogP contribution in [-0.2, 0) is 0 Å². The molecule has 0 aliphatic carbocycles. The van der Waals surface area contributed by atoms with Crippen LogP contribution in [0.3, 0.4) is 0 Å². The Morgan fingerprint density at radius 1 is 1.17 bits per heavy atom. The maximum absolute atomic E-state index is 12.5. The Hall–Kier alpha value is -2.20. The highest BCUT2D eigenvalue weighted by Gasteiger charge is 2.19. The second kappa shape index (κ2) is 7.14. The fourth-order valence-electron chi connectivity index (χ4n) is 2.97. The van der Waals surface area contributed by atoms with Crippen LogP contribution in [0.2, 0.25) is 5.02 Å². The Morgan fingerprint density at radius 3 is 2.50 bits per heavy atom. The summed E-state index contributed by atoms with van der Waals surface area (Å²) >= 11 is 5.88. The highest BCUT2D eigenvalue weighted by atomic mass is 35.5. The van der Waals surface area contributed by atoms with Gasteiger partial charge in [-0.1, -0.05) is 18.5 Å². The van der Waals surface area contributed by atoms with Crippen molar-refractivity contribution in [2.45, 2.75) is 19.8 Å². The van der Waals surface area contributed by atoms with Crippen molar-refractivity contribution in [2.75, 3.05) is 29.0 Å². The molecule has 4 nitrogen and oxygen atoms in total. The molecule has 3 rings (SSSR count). The summed E-state index contributed by atoms with van der Waals surface area (Å²) in [5.41, 5.74) is 8.91. The molecule has 1 aliphatic heterocycles. The van der Waals surface area contributed by atoms with Crippen LogP contribution in [0.4, 0.5) is 17.1 Å². The lowest BCUT2D eigenvalue weighted by atomic mass is 9.98. The van der Waals surface area contributed by atoms with Gasteiger partial charge in [-0.15, -0.1) is 0 Å². The van der Waals surface area contributed by atoms with Crippen LogP contribution in [0.25, 0.3) is 0 Å². The molecule has 1 saturated heterocycles. The number of nitrogens with one attached hydrogen (secondary N) is 1. The quantitative estimate of drug-likeness (QED) is 0.811. The lowest BCUT2D eigenvalue weighted by Crippen LogP contribution is -2.33. The number of nitrogens with two attached hydrogens (primary N) is 1. The molecule has 126 valence electrons. The van der Waals surface area contributed by atoms with E-state index in [0.29, 0.717) is 16.3 Å². The topological polar surface area (TPSA) is 58.4 Å². The number of carbonyl (C=O) groups is 1. The molecule has 1 aliphatic rings. The smallest absolute Gasteiger partial charge is 0.255 e. The van der Waals surface area contributed by atoms with Crippen molar-refractivity contribution in [1.82, 2.24) is 0 Å². The van der Waals surface area contributed by atoms with Crippen LogP contribution < -0.4 is 16.0 Å². The Bertz CT molecular complexity index is 722. The van der Waals surface area contributed by atoms with Crippen LogP contribution >= 0.6 is 11.6 Å². The maximum Gasteiger partial charge on any atom is 0.255 e. The normalized spacial score (nSPS) is 15.3. The lowest BCUT2D eigenvalue weighted by molar-refractivity contribution is 0.102. The molecule has 0 unspecified atom stereocenters. The molecule has 2 aromatic carbocycles. The summed E-state index contributed by atoms with van der Waals surface area (Å²) in [4.78, 5) is 14.8. The van der Waals surface area contributed by atoms with E-state index in [1.165, 1.54) is 0 Å². The van der Waals surface area contributed by atoms with E-state index in [9.17, 15) is 4.79 Å². The van der Waals surface area contributed by atoms with E-state index in [4.69, 9.17) is 17.3 Å². The first kappa shape index (κ1) is 16.7. The average Bonchev–Trinajstić information content (AvgIpc) is 2.57. The van der Waals surface area contributed by atoms with E-state index in [-0.39, 0.29) is 5.91 Å². The SMILES string of the molecule is CC1CCN(c2ccc(N)cc2NC(=O)c2ccc(Cl)cc2)CC1. The van der Waals surface area contributed by atoms with E-state index in [2.05, 4.69) is 17.1 Å². The van der Waals surface area contributed by atoms with Gasteiger partial charge in [0.05, 0.1) is 11.4 Å². The zero-order chi connectivity index (χ0) is 17.1. The Labute approximate surface area is 147 Å². The van der Waals surface area contributed by atoms with E-state index in [1.54, 1.807) is 24.3 Å². The van der Waals surface area contributed by atoms with E-state index in [1.807, 2.05) is 18.2 Å². The first-order valence-corrected chi connectivity index (χ1v) is 8.62. The molecule has 0 spiro atoms. The summed E-state index contributed by atoms with van der Waals surface area (Å²) in [5, 5.41) is 3.60. The molecular formula is C19H22ClN3O. The van der Waals surface area contributed by atoms with Crippen LogP contribution in [-0.4, -0.2) is 19.0 Å². The summed E-state index contributed by atoms with van der Waals surface area (Å²) < 4.78 is 0. The van der Waals surface area contributed by atoms with Gasteiger partial charge in [-0.25, -0.2) is 0 Å². The van der Waals surface area contributed by atoms with Crippen molar-refractivity contribution < 1.29 is 4.79 Å². The van der Waals surface area contributed by atoms with E-state index < -0.39 is 0 Å². The second-order valence-electron chi connectivity index (χ2n) is 6.41. The molecule has 2 aromatic rings. The van der Waals surface area contributed by atoms with Gasteiger partial charge in [0.2, 0.25) is 0 Å². The summed E-state index contributed by atoms with van der Waals surface area (Å²) in [6.45, 7) is 4.27. The molecule has 5 heteroatoms. The Kier molecular flexibility index (Phi) is 4.95. The molecule has 0 radical (unpaired) electrons. The standard InChI is InChI=1S/C19H22ClN3O/c1-13-8-10-23(11-9-13)18-7-6-16(21)12-17(18)22-19(24)14-2-4-15(20)5-3-14/h2-7,12-13H,8-11,21H2,1H3,(H,22,24). The second-order valence-corrected chi connectivity index (χ2v) is 6.84. The highest BCUT2D eigenvalue weighted by Crippen LogP contribution is 2.32. The molecular weight excluding hydrogens is 322 g/mol. The van der Waals surface area contributed by atoms with E-state index in [0.717, 1.165) is 43.2 Å². The molecule has 0 aromatic heterocycles. The number of hydrogen-bond donors (Lipinski definition) is 2. The van der Waals surface area contributed by atoms with Gasteiger partial charge in [0.15, 0.2) is 0 Å². The minimum absolute atomic E-state index is 0.163. The Morgan fingerprint density at radius 2 is 1.83 bits per heavy atom. The molecule has 1 fully saturated rings. The third-order valence-corrected chi connectivity index (χ3v) is 4.75. The third kappa shape index (κ3) is 3.82. The number of halogens is 1. The van der Waals surface area contributed by atoms with E-state index >= 15 is 0 Å². The number of rotatable bonds is 3. The number of nitrogen functional groups attached to an aromatic ring is 1.